The van der Waals surface area contributed by atoms with E-state index in [4.69, 9.17) is 0 Å². The molecule has 3 unspecified atom stereocenters. The minimum absolute atomic E-state index is 0.706. The summed E-state index contributed by atoms with van der Waals surface area (Å²) in [5.41, 5.74) is 1.56. The van der Waals surface area contributed by atoms with Crippen molar-refractivity contribution in [2.75, 3.05) is 0 Å². The lowest BCUT2D eigenvalue weighted by Crippen LogP contribution is -2.54. The lowest BCUT2D eigenvalue weighted by Gasteiger charge is -2.63. The highest BCUT2D eigenvalue weighted by molar-refractivity contribution is 5.06. The fourth-order valence-corrected chi connectivity index (χ4v) is 6.37. The summed E-state index contributed by atoms with van der Waals surface area (Å²) in [5, 5.41) is 0. The molecular formula is C17H28. The molecule has 0 aromatic carbocycles. The van der Waals surface area contributed by atoms with Gasteiger partial charge in [-0.05, 0) is 79.4 Å². The maximum atomic E-state index is 2.56. The van der Waals surface area contributed by atoms with Crippen molar-refractivity contribution in [2.45, 2.75) is 71.6 Å². The van der Waals surface area contributed by atoms with Crippen LogP contribution in [0.1, 0.15) is 71.6 Å². The van der Waals surface area contributed by atoms with Crippen molar-refractivity contribution in [3.63, 3.8) is 0 Å². The first-order valence-electron chi connectivity index (χ1n) is 8.09. The third-order valence-corrected chi connectivity index (χ3v) is 7.46. The largest absolute Gasteiger partial charge is 0.0594 e. The monoisotopic (exact) mass is 232 g/mol. The molecule has 6 rings (SSSR count). The standard InChI is InChI=1S/C17H28/c1-16(2)14-6-5-13(15(16)8-14)11-17-7-3-4-12(9-17)10-17/h12-15H,3-11H2,1-2H3. The first-order chi connectivity index (χ1) is 8.09. The Kier molecular flexibility index (Phi) is 2.12. The Morgan fingerprint density at radius 2 is 1.88 bits per heavy atom. The van der Waals surface area contributed by atoms with Crippen LogP contribution in [0.4, 0.5) is 0 Å². The van der Waals surface area contributed by atoms with E-state index in [-0.39, 0.29) is 0 Å². The van der Waals surface area contributed by atoms with Crippen molar-refractivity contribution < 1.29 is 0 Å². The Balaban J connectivity index is 1.46. The van der Waals surface area contributed by atoms with E-state index < -0.39 is 0 Å². The Morgan fingerprint density at radius 1 is 1.06 bits per heavy atom. The lowest BCUT2D eigenvalue weighted by molar-refractivity contribution is -0.133. The predicted octanol–water partition coefficient (Wildman–Crippen LogP) is 5.03. The molecule has 6 saturated carbocycles. The van der Waals surface area contributed by atoms with Gasteiger partial charge < -0.3 is 0 Å². The summed E-state index contributed by atoms with van der Waals surface area (Å²) in [6.45, 7) is 5.11. The van der Waals surface area contributed by atoms with Gasteiger partial charge >= 0.3 is 0 Å². The van der Waals surface area contributed by atoms with Gasteiger partial charge in [0.2, 0.25) is 0 Å². The molecule has 0 radical (unpaired) electrons. The zero-order valence-electron chi connectivity index (χ0n) is 11.7. The molecule has 17 heavy (non-hydrogen) atoms. The molecule has 6 fully saturated rings. The molecule has 0 aromatic rings. The molecular weight excluding hydrogens is 204 g/mol. The normalized spacial score (nSPS) is 54.7. The van der Waals surface area contributed by atoms with E-state index in [1.807, 2.05) is 0 Å². The Bertz CT molecular complexity index is 313. The molecule has 0 heterocycles. The number of rotatable bonds is 2. The number of hydrogen-bond acceptors (Lipinski definition) is 0. The molecule has 3 atom stereocenters. The van der Waals surface area contributed by atoms with E-state index in [2.05, 4.69) is 13.8 Å². The number of fused-ring (bicyclic) bond motifs is 4. The summed E-state index contributed by atoms with van der Waals surface area (Å²) < 4.78 is 0. The van der Waals surface area contributed by atoms with Crippen molar-refractivity contribution in [2.24, 2.45) is 34.5 Å². The summed E-state index contributed by atoms with van der Waals surface area (Å²) in [5.74, 6) is 4.43. The van der Waals surface area contributed by atoms with Gasteiger partial charge in [0.05, 0.1) is 0 Å². The molecule has 0 saturated heterocycles. The third kappa shape index (κ3) is 1.42. The van der Waals surface area contributed by atoms with Gasteiger partial charge in [0.1, 0.15) is 0 Å². The molecule has 0 heteroatoms. The van der Waals surface area contributed by atoms with E-state index in [9.17, 15) is 0 Å². The molecule has 6 aliphatic rings. The molecule has 0 spiro atoms. The van der Waals surface area contributed by atoms with Crippen LogP contribution in [-0.4, -0.2) is 0 Å². The van der Waals surface area contributed by atoms with Crippen LogP contribution in [0.15, 0.2) is 0 Å². The topological polar surface area (TPSA) is 0 Å². The van der Waals surface area contributed by atoms with Crippen molar-refractivity contribution in [3.8, 4) is 0 Å². The van der Waals surface area contributed by atoms with Gasteiger partial charge in [-0.25, -0.2) is 0 Å². The summed E-state index contributed by atoms with van der Waals surface area (Å²) in [4.78, 5) is 0. The summed E-state index contributed by atoms with van der Waals surface area (Å²) in [7, 11) is 0. The van der Waals surface area contributed by atoms with Gasteiger partial charge in [-0.15, -0.1) is 0 Å². The first kappa shape index (κ1) is 10.9. The Morgan fingerprint density at radius 3 is 2.47 bits per heavy atom. The van der Waals surface area contributed by atoms with Gasteiger partial charge in [0.15, 0.2) is 0 Å². The fourth-order valence-electron chi connectivity index (χ4n) is 6.37. The molecule has 96 valence electrons. The van der Waals surface area contributed by atoms with Crippen LogP contribution < -0.4 is 0 Å². The highest BCUT2D eigenvalue weighted by atomic mass is 14.6. The van der Waals surface area contributed by atoms with Crippen LogP contribution in [-0.2, 0) is 0 Å². The van der Waals surface area contributed by atoms with Gasteiger partial charge in [-0.2, -0.15) is 0 Å². The lowest BCUT2D eigenvalue weighted by atomic mass is 9.42. The Labute approximate surface area is 107 Å². The van der Waals surface area contributed by atoms with Crippen LogP contribution in [0, 0.1) is 34.5 Å². The van der Waals surface area contributed by atoms with Crippen LogP contribution in [0.25, 0.3) is 0 Å². The second-order valence-electron chi connectivity index (χ2n) is 8.57. The van der Waals surface area contributed by atoms with Crippen LogP contribution in [0.5, 0.6) is 0 Å². The molecule has 4 bridgehead atoms. The highest BCUT2D eigenvalue weighted by Gasteiger charge is 2.56. The van der Waals surface area contributed by atoms with E-state index in [0.717, 1.165) is 29.1 Å². The third-order valence-electron chi connectivity index (χ3n) is 7.46. The highest BCUT2D eigenvalue weighted by Crippen LogP contribution is 2.66. The van der Waals surface area contributed by atoms with Crippen LogP contribution in [0.2, 0.25) is 0 Å². The van der Waals surface area contributed by atoms with E-state index in [0.29, 0.717) is 5.41 Å². The molecule has 0 amide bonds. The smallest absolute Gasteiger partial charge is 0.0289 e. The number of hydrogen-bond donors (Lipinski definition) is 0. The second-order valence-corrected chi connectivity index (χ2v) is 8.57. The second kappa shape index (κ2) is 3.31. The van der Waals surface area contributed by atoms with Crippen LogP contribution >= 0.6 is 0 Å². The quantitative estimate of drug-likeness (QED) is 0.626. The van der Waals surface area contributed by atoms with Gasteiger partial charge in [-0.1, -0.05) is 26.7 Å². The minimum atomic E-state index is 0.706. The van der Waals surface area contributed by atoms with E-state index in [1.165, 1.54) is 0 Å². The average molecular weight is 232 g/mol. The zero-order valence-corrected chi connectivity index (χ0v) is 11.7. The SMILES string of the molecule is CC1(C)C2CCC(CC34CCCC(C3)C4)C1C2. The van der Waals surface area contributed by atoms with Crippen molar-refractivity contribution in [3.05, 3.63) is 0 Å². The van der Waals surface area contributed by atoms with Gasteiger partial charge in [0.25, 0.3) is 0 Å². The van der Waals surface area contributed by atoms with Gasteiger partial charge in [-0.3, -0.25) is 0 Å². The maximum Gasteiger partial charge on any atom is -0.0289 e. The predicted molar refractivity (Wildman–Crippen MR) is 71.7 cm³/mol. The van der Waals surface area contributed by atoms with Crippen molar-refractivity contribution in [1.82, 2.24) is 0 Å². The van der Waals surface area contributed by atoms with Crippen LogP contribution in [0.3, 0.4) is 0 Å². The first-order valence-corrected chi connectivity index (χ1v) is 8.09. The molecule has 0 nitrogen and oxygen atoms in total. The zero-order chi connectivity index (χ0) is 11.7. The van der Waals surface area contributed by atoms with Crippen molar-refractivity contribution >= 4 is 0 Å². The van der Waals surface area contributed by atoms with E-state index >= 15 is 0 Å². The molecule has 0 aliphatic heterocycles. The fraction of sp³-hybridized carbons (Fsp3) is 1.00. The Hall–Kier alpha value is 0. The molecule has 0 N–H and O–H groups in total. The molecule has 6 aliphatic carbocycles. The summed E-state index contributed by atoms with van der Waals surface area (Å²) in [6, 6.07) is 0. The summed E-state index contributed by atoms with van der Waals surface area (Å²) in [6.07, 6.45) is 14.2. The van der Waals surface area contributed by atoms with E-state index in [1.54, 1.807) is 57.8 Å². The minimum Gasteiger partial charge on any atom is -0.0594 e. The summed E-state index contributed by atoms with van der Waals surface area (Å²) >= 11 is 0. The molecule has 0 aromatic heterocycles. The average Bonchev–Trinajstić information content (AvgIpc) is 2.28. The maximum absolute atomic E-state index is 2.56. The van der Waals surface area contributed by atoms with Crippen molar-refractivity contribution in [1.29, 1.82) is 0 Å². The van der Waals surface area contributed by atoms with Gasteiger partial charge in [0, 0.05) is 0 Å².